The minimum absolute atomic E-state index is 0.0213. The number of hydrogen-bond acceptors (Lipinski definition) is 2. The van der Waals surface area contributed by atoms with E-state index < -0.39 is 0 Å². The van der Waals surface area contributed by atoms with Crippen molar-refractivity contribution in [2.45, 2.75) is 39.8 Å². The zero-order valence-electron chi connectivity index (χ0n) is 15.0. The standard InChI is InChI=1S/C18H26BrFN4O/c1-4-21-18(22-10-13-5-6-15(19)16(20)9-13)23-14-7-8-24(11-14)17(25)12(2)3/h5-6,9,12,14H,4,7-8,10-11H2,1-3H3,(H2,21,22,23). The average Bonchev–Trinajstić information content (AvgIpc) is 3.03. The lowest BCUT2D eigenvalue weighted by molar-refractivity contribution is -0.133. The topological polar surface area (TPSA) is 56.7 Å². The van der Waals surface area contributed by atoms with Crippen LogP contribution in [0, 0.1) is 11.7 Å². The molecule has 1 aromatic rings. The highest BCUT2D eigenvalue weighted by Gasteiger charge is 2.27. The Hall–Kier alpha value is -1.63. The van der Waals surface area contributed by atoms with Crippen LogP contribution in [0.1, 0.15) is 32.8 Å². The summed E-state index contributed by atoms with van der Waals surface area (Å²) < 4.78 is 14.0. The van der Waals surface area contributed by atoms with Crippen molar-refractivity contribution in [3.63, 3.8) is 0 Å². The zero-order valence-corrected chi connectivity index (χ0v) is 16.6. The largest absolute Gasteiger partial charge is 0.357 e. The first kappa shape index (κ1) is 19.7. The van der Waals surface area contributed by atoms with Gasteiger partial charge in [-0.05, 0) is 47.0 Å². The molecule has 0 aliphatic carbocycles. The summed E-state index contributed by atoms with van der Waals surface area (Å²) in [5, 5.41) is 6.58. The molecule has 1 aliphatic heterocycles. The quantitative estimate of drug-likeness (QED) is 0.577. The van der Waals surface area contributed by atoms with Gasteiger partial charge < -0.3 is 15.5 Å². The predicted molar refractivity (Wildman–Crippen MR) is 102 cm³/mol. The number of guanidine groups is 1. The third kappa shape index (κ3) is 5.70. The number of halogens is 2. The molecule has 1 heterocycles. The van der Waals surface area contributed by atoms with Crippen LogP contribution >= 0.6 is 15.9 Å². The highest BCUT2D eigenvalue weighted by atomic mass is 79.9. The van der Waals surface area contributed by atoms with E-state index in [1.165, 1.54) is 6.07 Å². The number of nitrogens with one attached hydrogen (secondary N) is 2. The fourth-order valence-electron chi connectivity index (χ4n) is 2.77. The van der Waals surface area contributed by atoms with Crippen LogP contribution in [0.15, 0.2) is 27.7 Å². The highest BCUT2D eigenvalue weighted by molar-refractivity contribution is 9.10. The number of aliphatic imine (C=N–C) groups is 1. The number of carbonyl (C=O) groups is 1. The molecule has 25 heavy (non-hydrogen) atoms. The molecule has 7 heteroatoms. The number of amides is 1. The molecule has 2 rings (SSSR count). The first-order valence-electron chi connectivity index (χ1n) is 8.68. The number of likely N-dealkylation sites (tertiary alicyclic amines) is 1. The van der Waals surface area contributed by atoms with E-state index in [9.17, 15) is 9.18 Å². The second-order valence-corrected chi connectivity index (χ2v) is 7.37. The van der Waals surface area contributed by atoms with E-state index in [0.717, 1.165) is 25.1 Å². The lowest BCUT2D eigenvalue weighted by Crippen LogP contribution is -2.45. The summed E-state index contributed by atoms with van der Waals surface area (Å²) in [5.74, 6) is 0.614. The fourth-order valence-corrected chi connectivity index (χ4v) is 3.01. The predicted octanol–water partition coefficient (Wildman–Crippen LogP) is 2.90. The van der Waals surface area contributed by atoms with Gasteiger partial charge in [0.05, 0.1) is 11.0 Å². The summed E-state index contributed by atoms with van der Waals surface area (Å²) in [6.45, 7) is 8.43. The normalized spacial score (nSPS) is 17.9. The van der Waals surface area contributed by atoms with E-state index in [4.69, 9.17) is 0 Å². The van der Waals surface area contributed by atoms with Crippen LogP contribution < -0.4 is 10.6 Å². The van der Waals surface area contributed by atoms with Gasteiger partial charge in [-0.2, -0.15) is 0 Å². The maximum Gasteiger partial charge on any atom is 0.225 e. The van der Waals surface area contributed by atoms with Crippen molar-refractivity contribution >= 4 is 27.8 Å². The van der Waals surface area contributed by atoms with Crippen molar-refractivity contribution in [2.75, 3.05) is 19.6 Å². The van der Waals surface area contributed by atoms with Crippen molar-refractivity contribution in [2.24, 2.45) is 10.9 Å². The third-order valence-corrected chi connectivity index (χ3v) is 4.73. The van der Waals surface area contributed by atoms with Crippen LogP contribution in [-0.2, 0) is 11.3 Å². The van der Waals surface area contributed by atoms with Gasteiger partial charge in [0, 0.05) is 31.6 Å². The van der Waals surface area contributed by atoms with Gasteiger partial charge in [0.25, 0.3) is 0 Å². The van der Waals surface area contributed by atoms with Gasteiger partial charge >= 0.3 is 0 Å². The summed E-state index contributed by atoms with van der Waals surface area (Å²) in [6.07, 6.45) is 0.899. The van der Waals surface area contributed by atoms with Gasteiger partial charge in [0.15, 0.2) is 5.96 Å². The Morgan fingerprint density at radius 1 is 1.48 bits per heavy atom. The van der Waals surface area contributed by atoms with E-state index in [0.29, 0.717) is 23.5 Å². The van der Waals surface area contributed by atoms with Gasteiger partial charge in [-0.1, -0.05) is 19.9 Å². The molecule has 1 saturated heterocycles. The van der Waals surface area contributed by atoms with E-state index in [2.05, 4.69) is 31.6 Å². The maximum atomic E-state index is 13.6. The number of benzene rings is 1. The van der Waals surface area contributed by atoms with Crippen LogP contribution in [0.3, 0.4) is 0 Å². The lowest BCUT2D eigenvalue weighted by atomic mass is 10.2. The molecule has 0 radical (unpaired) electrons. The second kappa shape index (κ2) is 9.17. The molecule has 0 saturated carbocycles. The summed E-state index contributed by atoms with van der Waals surface area (Å²) in [4.78, 5) is 18.5. The van der Waals surface area contributed by atoms with E-state index in [-0.39, 0.29) is 23.7 Å². The molecule has 5 nitrogen and oxygen atoms in total. The summed E-state index contributed by atoms with van der Waals surface area (Å²) >= 11 is 3.15. The van der Waals surface area contributed by atoms with Crippen molar-refractivity contribution < 1.29 is 9.18 Å². The van der Waals surface area contributed by atoms with Crippen LogP contribution in [0.5, 0.6) is 0 Å². The number of hydrogen-bond donors (Lipinski definition) is 2. The minimum atomic E-state index is -0.288. The molecule has 0 aromatic heterocycles. The Kier molecular flexibility index (Phi) is 7.23. The van der Waals surface area contributed by atoms with Crippen molar-refractivity contribution in [1.29, 1.82) is 0 Å². The molecule has 0 bridgehead atoms. The summed E-state index contributed by atoms with van der Waals surface area (Å²) in [5.41, 5.74) is 0.806. The van der Waals surface area contributed by atoms with Crippen LogP contribution in [-0.4, -0.2) is 42.4 Å². The highest BCUT2D eigenvalue weighted by Crippen LogP contribution is 2.17. The smallest absolute Gasteiger partial charge is 0.225 e. The Morgan fingerprint density at radius 3 is 2.88 bits per heavy atom. The van der Waals surface area contributed by atoms with Gasteiger partial charge in [0.1, 0.15) is 5.82 Å². The molecule has 1 atom stereocenters. The third-order valence-electron chi connectivity index (χ3n) is 4.08. The molecular weight excluding hydrogens is 387 g/mol. The minimum Gasteiger partial charge on any atom is -0.357 e. The zero-order chi connectivity index (χ0) is 18.4. The van der Waals surface area contributed by atoms with Crippen molar-refractivity contribution in [1.82, 2.24) is 15.5 Å². The maximum absolute atomic E-state index is 13.6. The Bertz CT molecular complexity index is 636. The number of nitrogens with zero attached hydrogens (tertiary/aromatic N) is 2. The molecular formula is C18H26BrFN4O. The molecule has 138 valence electrons. The van der Waals surface area contributed by atoms with Crippen LogP contribution in [0.4, 0.5) is 4.39 Å². The van der Waals surface area contributed by atoms with Crippen LogP contribution in [0.2, 0.25) is 0 Å². The summed E-state index contributed by atoms with van der Waals surface area (Å²) in [7, 11) is 0. The second-order valence-electron chi connectivity index (χ2n) is 6.51. The lowest BCUT2D eigenvalue weighted by Gasteiger charge is -2.20. The Balaban J connectivity index is 1.96. The molecule has 1 aromatic carbocycles. The van der Waals surface area contributed by atoms with Crippen molar-refractivity contribution in [3.05, 3.63) is 34.1 Å². The monoisotopic (exact) mass is 412 g/mol. The van der Waals surface area contributed by atoms with Gasteiger partial charge in [-0.3, -0.25) is 4.79 Å². The Morgan fingerprint density at radius 2 is 2.24 bits per heavy atom. The first-order chi connectivity index (χ1) is 11.9. The first-order valence-corrected chi connectivity index (χ1v) is 9.47. The molecule has 0 spiro atoms. The van der Waals surface area contributed by atoms with Crippen molar-refractivity contribution in [3.8, 4) is 0 Å². The van der Waals surface area contributed by atoms with Crippen LogP contribution in [0.25, 0.3) is 0 Å². The molecule has 2 N–H and O–H groups in total. The summed E-state index contributed by atoms with van der Waals surface area (Å²) in [6, 6.07) is 5.20. The molecule has 1 fully saturated rings. The fraction of sp³-hybridized carbons (Fsp3) is 0.556. The van der Waals surface area contributed by atoms with Gasteiger partial charge in [-0.15, -0.1) is 0 Å². The van der Waals surface area contributed by atoms with E-state index >= 15 is 0 Å². The molecule has 1 unspecified atom stereocenters. The van der Waals surface area contributed by atoms with E-state index in [1.807, 2.05) is 31.7 Å². The van der Waals surface area contributed by atoms with Gasteiger partial charge in [0.2, 0.25) is 5.91 Å². The molecule has 1 aliphatic rings. The van der Waals surface area contributed by atoms with Gasteiger partial charge in [-0.25, -0.2) is 9.38 Å². The molecule has 1 amide bonds. The number of rotatable bonds is 5. The van der Waals surface area contributed by atoms with E-state index in [1.54, 1.807) is 6.07 Å². The Labute approximate surface area is 157 Å². The number of carbonyl (C=O) groups excluding carboxylic acids is 1. The SMILES string of the molecule is CCNC(=NCc1ccc(Br)c(F)c1)NC1CCN(C(=O)C(C)C)C1. The average molecular weight is 413 g/mol.